The van der Waals surface area contributed by atoms with Gasteiger partial charge in [0.05, 0.1) is 12.2 Å². The van der Waals surface area contributed by atoms with Crippen molar-refractivity contribution >= 4 is 14.3 Å². The first-order chi connectivity index (χ1) is 13.0. The van der Waals surface area contributed by atoms with Crippen LogP contribution in [0, 0.1) is 0 Å². The van der Waals surface area contributed by atoms with Gasteiger partial charge in [-0.05, 0) is 45.0 Å². The molecule has 0 spiro atoms. The zero-order valence-corrected chi connectivity index (χ0v) is 17.2. The molecule has 0 fully saturated rings. The second kappa shape index (κ2) is 10.3. The fourth-order valence-corrected chi connectivity index (χ4v) is 5.30. The summed E-state index contributed by atoms with van der Waals surface area (Å²) in [4.78, 5) is 12.4. The standard InChI is InChI=1S/C21H28O5Si/c1-4-25-27(3,26-5-2)15-9-14-24-18-12-13-19(20(22)16-18)21(23)17-10-7-6-8-11-17/h6-8,10-13,16,22H,4-5,9,14-15H2,1-3H3. The van der Waals surface area contributed by atoms with Gasteiger partial charge in [-0.2, -0.15) is 0 Å². The van der Waals surface area contributed by atoms with Gasteiger partial charge in [0, 0.05) is 24.8 Å². The van der Waals surface area contributed by atoms with Gasteiger partial charge in [-0.1, -0.05) is 30.3 Å². The van der Waals surface area contributed by atoms with Gasteiger partial charge in [-0.3, -0.25) is 4.79 Å². The quantitative estimate of drug-likeness (QED) is 0.348. The Kier molecular flexibility index (Phi) is 8.03. The average Bonchev–Trinajstić information content (AvgIpc) is 2.66. The monoisotopic (exact) mass is 388 g/mol. The summed E-state index contributed by atoms with van der Waals surface area (Å²) in [6.07, 6.45) is 0.800. The molecule has 2 aromatic rings. The number of phenols is 1. The van der Waals surface area contributed by atoms with Crippen LogP contribution < -0.4 is 4.74 Å². The summed E-state index contributed by atoms with van der Waals surface area (Å²) in [5.41, 5.74) is 0.804. The SMILES string of the molecule is CCO[Si](C)(CCCOc1ccc(C(=O)c2ccccc2)c(O)c1)OCC. The molecule has 27 heavy (non-hydrogen) atoms. The lowest BCUT2D eigenvalue weighted by Crippen LogP contribution is -2.38. The molecule has 0 radical (unpaired) electrons. The number of carbonyl (C=O) groups is 1. The first-order valence-corrected chi connectivity index (χ1v) is 11.8. The van der Waals surface area contributed by atoms with Gasteiger partial charge in [0.2, 0.25) is 0 Å². The van der Waals surface area contributed by atoms with E-state index in [9.17, 15) is 9.90 Å². The topological polar surface area (TPSA) is 65.0 Å². The smallest absolute Gasteiger partial charge is 0.335 e. The molecule has 1 N–H and O–H groups in total. The lowest BCUT2D eigenvalue weighted by Gasteiger charge is -2.25. The van der Waals surface area contributed by atoms with E-state index in [0.717, 1.165) is 12.5 Å². The van der Waals surface area contributed by atoms with Gasteiger partial charge < -0.3 is 18.7 Å². The van der Waals surface area contributed by atoms with Crippen LogP contribution in [0.2, 0.25) is 12.6 Å². The molecule has 0 aliphatic carbocycles. The molecule has 0 aliphatic rings. The molecule has 0 atom stereocenters. The Morgan fingerprint density at radius 3 is 2.30 bits per heavy atom. The molecule has 0 saturated carbocycles. The molecule has 0 aromatic heterocycles. The largest absolute Gasteiger partial charge is 0.507 e. The van der Waals surface area contributed by atoms with Crippen molar-refractivity contribution in [2.75, 3.05) is 19.8 Å². The molecule has 0 amide bonds. The van der Waals surface area contributed by atoms with Crippen molar-refractivity contribution in [1.82, 2.24) is 0 Å². The number of ether oxygens (including phenoxy) is 1. The van der Waals surface area contributed by atoms with Crippen molar-refractivity contribution in [3.8, 4) is 11.5 Å². The number of aromatic hydroxyl groups is 1. The number of hydrogen-bond donors (Lipinski definition) is 1. The molecule has 0 heterocycles. The number of rotatable bonds is 11. The van der Waals surface area contributed by atoms with E-state index in [-0.39, 0.29) is 17.1 Å². The fraction of sp³-hybridized carbons (Fsp3) is 0.381. The molecule has 5 nitrogen and oxygen atoms in total. The fourth-order valence-electron chi connectivity index (χ4n) is 2.92. The van der Waals surface area contributed by atoms with Crippen molar-refractivity contribution in [2.24, 2.45) is 0 Å². The van der Waals surface area contributed by atoms with Gasteiger partial charge in [-0.15, -0.1) is 0 Å². The van der Waals surface area contributed by atoms with Gasteiger partial charge in [0.15, 0.2) is 5.78 Å². The minimum atomic E-state index is -2.13. The third kappa shape index (κ3) is 6.20. The second-order valence-corrected chi connectivity index (χ2v) is 9.67. The van der Waals surface area contributed by atoms with Crippen LogP contribution in [-0.2, 0) is 8.85 Å². The van der Waals surface area contributed by atoms with E-state index < -0.39 is 8.56 Å². The summed E-state index contributed by atoms with van der Waals surface area (Å²) < 4.78 is 17.3. The van der Waals surface area contributed by atoms with Crippen molar-refractivity contribution in [3.63, 3.8) is 0 Å². The molecule has 0 bridgehead atoms. The summed E-state index contributed by atoms with van der Waals surface area (Å²) in [6, 6.07) is 14.5. The third-order valence-corrected chi connectivity index (χ3v) is 7.25. The third-order valence-electron chi connectivity index (χ3n) is 4.19. The Morgan fingerprint density at radius 1 is 1.04 bits per heavy atom. The summed E-state index contributed by atoms with van der Waals surface area (Å²) in [5.74, 6) is 0.243. The van der Waals surface area contributed by atoms with Crippen LogP contribution in [0.5, 0.6) is 11.5 Å². The van der Waals surface area contributed by atoms with E-state index >= 15 is 0 Å². The zero-order chi connectivity index (χ0) is 19.7. The van der Waals surface area contributed by atoms with Gasteiger partial charge in [0.25, 0.3) is 0 Å². The molecule has 0 unspecified atom stereocenters. The highest BCUT2D eigenvalue weighted by Gasteiger charge is 2.29. The minimum Gasteiger partial charge on any atom is -0.507 e. The van der Waals surface area contributed by atoms with Gasteiger partial charge in [0.1, 0.15) is 11.5 Å². The Bertz CT molecular complexity index is 727. The van der Waals surface area contributed by atoms with E-state index in [4.69, 9.17) is 13.6 Å². The van der Waals surface area contributed by atoms with E-state index in [2.05, 4.69) is 6.55 Å². The molecule has 0 aliphatic heterocycles. The van der Waals surface area contributed by atoms with Gasteiger partial charge >= 0.3 is 8.56 Å². The van der Waals surface area contributed by atoms with Crippen LogP contribution in [0.15, 0.2) is 48.5 Å². The summed E-state index contributed by atoms with van der Waals surface area (Å²) in [7, 11) is -2.13. The highest BCUT2D eigenvalue weighted by atomic mass is 28.4. The highest BCUT2D eigenvalue weighted by Crippen LogP contribution is 2.26. The number of carbonyl (C=O) groups excluding carboxylic acids is 1. The molecule has 6 heteroatoms. The molecule has 146 valence electrons. The maximum absolute atomic E-state index is 12.4. The van der Waals surface area contributed by atoms with E-state index in [1.165, 1.54) is 6.07 Å². The van der Waals surface area contributed by atoms with Crippen molar-refractivity contribution < 1.29 is 23.5 Å². The normalized spacial score (nSPS) is 11.4. The first kappa shape index (κ1) is 21.2. The Balaban J connectivity index is 1.91. The summed E-state index contributed by atoms with van der Waals surface area (Å²) in [5, 5.41) is 10.2. The maximum Gasteiger partial charge on any atom is 0.335 e. The summed E-state index contributed by atoms with van der Waals surface area (Å²) >= 11 is 0. The lowest BCUT2D eigenvalue weighted by molar-refractivity contribution is 0.103. The van der Waals surface area contributed by atoms with E-state index in [1.54, 1.807) is 36.4 Å². The van der Waals surface area contributed by atoms with E-state index in [0.29, 0.717) is 31.1 Å². The van der Waals surface area contributed by atoms with Crippen LogP contribution in [0.4, 0.5) is 0 Å². The molecule has 0 saturated heterocycles. The van der Waals surface area contributed by atoms with Crippen molar-refractivity contribution in [2.45, 2.75) is 32.9 Å². The maximum atomic E-state index is 12.4. The van der Waals surface area contributed by atoms with Crippen molar-refractivity contribution in [3.05, 3.63) is 59.7 Å². The average molecular weight is 389 g/mol. The summed E-state index contributed by atoms with van der Waals surface area (Å²) in [6.45, 7) is 7.80. The number of phenolic OH excluding ortho intramolecular Hbond substituents is 1. The van der Waals surface area contributed by atoms with Crippen LogP contribution in [-0.4, -0.2) is 39.3 Å². The number of hydrogen-bond acceptors (Lipinski definition) is 5. The van der Waals surface area contributed by atoms with E-state index in [1.807, 2.05) is 19.9 Å². The first-order valence-electron chi connectivity index (χ1n) is 9.32. The predicted molar refractivity (Wildman–Crippen MR) is 108 cm³/mol. The second-order valence-electron chi connectivity index (χ2n) is 6.33. The number of benzene rings is 2. The minimum absolute atomic E-state index is 0.0794. The molecule has 2 rings (SSSR count). The predicted octanol–water partition coefficient (Wildman–Crippen LogP) is 4.54. The van der Waals surface area contributed by atoms with Crippen molar-refractivity contribution in [1.29, 1.82) is 0 Å². The Morgan fingerprint density at radius 2 is 1.70 bits per heavy atom. The molecule has 2 aromatic carbocycles. The zero-order valence-electron chi connectivity index (χ0n) is 16.2. The van der Waals surface area contributed by atoms with Gasteiger partial charge in [-0.25, -0.2) is 0 Å². The highest BCUT2D eigenvalue weighted by molar-refractivity contribution is 6.66. The molecular weight excluding hydrogens is 360 g/mol. The van der Waals surface area contributed by atoms with Crippen LogP contribution >= 0.6 is 0 Å². The number of ketones is 1. The van der Waals surface area contributed by atoms with Crippen LogP contribution in [0.1, 0.15) is 36.2 Å². The Labute approximate surface area is 162 Å². The van der Waals surface area contributed by atoms with Crippen LogP contribution in [0.3, 0.4) is 0 Å². The Hall–Kier alpha value is -2.15. The van der Waals surface area contributed by atoms with Crippen LogP contribution in [0.25, 0.3) is 0 Å². The lowest BCUT2D eigenvalue weighted by atomic mass is 10.0. The molecular formula is C21H28O5Si.